The van der Waals surface area contributed by atoms with Gasteiger partial charge in [-0.25, -0.2) is 0 Å². The molecule has 1 aromatic heterocycles. The van der Waals surface area contributed by atoms with Gasteiger partial charge in [-0.3, -0.25) is 9.67 Å². The van der Waals surface area contributed by atoms with Crippen molar-refractivity contribution >= 4 is 5.96 Å². The molecule has 3 rings (SSSR count). The lowest BCUT2D eigenvalue weighted by atomic mass is 10.2. The fourth-order valence-corrected chi connectivity index (χ4v) is 2.56. The summed E-state index contributed by atoms with van der Waals surface area (Å²) in [4.78, 5) is 4.25. The van der Waals surface area contributed by atoms with E-state index >= 15 is 0 Å². The Kier molecular flexibility index (Phi) is 5.20. The van der Waals surface area contributed by atoms with E-state index in [-0.39, 0.29) is 0 Å². The summed E-state index contributed by atoms with van der Waals surface area (Å²) in [5, 5.41) is 10.8. The minimum absolute atomic E-state index is 0.298. The number of nitrogens with zero attached hydrogens (tertiary/aromatic N) is 3. The summed E-state index contributed by atoms with van der Waals surface area (Å²) in [5.74, 6) is 2.39. The highest BCUT2D eigenvalue weighted by Crippen LogP contribution is 2.32. The van der Waals surface area contributed by atoms with E-state index in [4.69, 9.17) is 9.47 Å². The molecular formula is C17H23N5O2. The molecule has 0 bridgehead atoms. The predicted molar refractivity (Wildman–Crippen MR) is 92.3 cm³/mol. The smallest absolute Gasteiger partial charge is 0.231 e. The first-order chi connectivity index (χ1) is 11.7. The Bertz CT molecular complexity index is 711. The molecule has 7 nitrogen and oxygen atoms in total. The maximum atomic E-state index is 5.39. The summed E-state index contributed by atoms with van der Waals surface area (Å²) >= 11 is 0. The van der Waals surface area contributed by atoms with Gasteiger partial charge in [-0.05, 0) is 36.1 Å². The second-order valence-electron chi connectivity index (χ2n) is 5.67. The highest BCUT2D eigenvalue weighted by molar-refractivity contribution is 5.79. The van der Waals surface area contributed by atoms with Crippen molar-refractivity contribution in [3.05, 3.63) is 41.7 Å². The van der Waals surface area contributed by atoms with Crippen molar-refractivity contribution in [3.8, 4) is 11.5 Å². The standard InChI is InChI=1S/C17H23N5O2/c1-18-17(19-7-3-4-14-10-21-22(2)11-14)20-9-13-5-6-15-16(8-13)24-12-23-15/h5-6,8,10-11H,3-4,7,9,12H2,1-2H3,(H2,18,19,20). The molecular weight excluding hydrogens is 306 g/mol. The van der Waals surface area contributed by atoms with Crippen LogP contribution in [0.2, 0.25) is 0 Å². The van der Waals surface area contributed by atoms with Crippen molar-refractivity contribution < 1.29 is 9.47 Å². The Labute approximate surface area is 141 Å². The molecule has 2 N–H and O–H groups in total. The number of ether oxygens (including phenoxy) is 2. The molecule has 0 unspecified atom stereocenters. The van der Waals surface area contributed by atoms with Gasteiger partial charge in [0.25, 0.3) is 0 Å². The highest BCUT2D eigenvalue weighted by atomic mass is 16.7. The van der Waals surface area contributed by atoms with Crippen LogP contribution in [-0.4, -0.2) is 36.1 Å². The zero-order valence-corrected chi connectivity index (χ0v) is 14.1. The van der Waals surface area contributed by atoms with Crippen LogP contribution in [0.5, 0.6) is 11.5 Å². The van der Waals surface area contributed by atoms with Gasteiger partial charge in [0, 0.05) is 33.4 Å². The van der Waals surface area contributed by atoms with Crippen LogP contribution in [0.1, 0.15) is 17.5 Å². The average Bonchev–Trinajstić information content (AvgIpc) is 3.22. The van der Waals surface area contributed by atoms with Gasteiger partial charge >= 0.3 is 0 Å². The van der Waals surface area contributed by atoms with Crippen LogP contribution in [-0.2, 0) is 20.0 Å². The third-order valence-electron chi connectivity index (χ3n) is 3.81. The fourth-order valence-electron chi connectivity index (χ4n) is 2.56. The molecule has 0 saturated carbocycles. The van der Waals surface area contributed by atoms with E-state index in [1.807, 2.05) is 42.3 Å². The molecule has 0 aliphatic carbocycles. The minimum Gasteiger partial charge on any atom is -0.454 e. The third-order valence-corrected chi connectivity index (χ3v) is 3.81. The maximum absolute atomic E-state index is 5.39. The predicted octanol–water partition coefficient (Wildman–Crippen LogP) is 1.45. The molecule has 0 spiro atoms. The number of guanidine groups is 1. The average molecular weight is 329 g/mol. The van der Waals surface area contributed by atoms with E-state index in [1.165, 1.54) is 5.56 Å². The van der Waals surface area contributed by atoms with Crippen molar-refractivity contribution in [2.24, 2.45) is 12.0 Å². The number of hydrogen-bond acceptors (Lipinski definition) is 4. The van der Waals surface area contributed by atoms with E-state index in [9.17, 15) is 0 Å². The normalized spacial score (nSPS) is 13.2. The molecule has 0 radical (unpaired) electrons. The van der Waals surface area contributed by atoms with Crippen molar-refractivity contribution in [2.45, 2.75) is 19.4 Å². The topological polar surface area (TPSA) is 72.7 Å². The third kappa shape index (κ3) is 4.18. The lowest BCUT2D eigenvalue weighted by Gasteiger charge is -2.12. The first-order valence-corrected chi connectivity index (χ1v) is 8.05. The fraction of sp³-hybridized carbons (Fsp3) is 0.412. The Balaban J connectivity index is 1.40. The quantitative estimate of drug-likeness (QED) is 0.477. The van der Waals surface area contributed by atoms with Gasteiger partial charge in [0.1, 0.15) is 0 Å². The monoisotopic (exact) mass is 329 g/mol. The van der Waals surface area contributed by atoms with Crippen LogP contribution in [0, 0.1) is 0 Å². The van der Waals surface area contributed by atoms with Crippen LogP contribution in [0.4, 0.5) is 0 Å². The Hall–Kier alpha value is -2.70. The SMILES string of the molecule is CN=C(NCCCc1cnn(C)c1)NCc1ccc2c(c1)OCO2. The minimum atomic E-state index is 0.298. The van der Waals surface area contributed by atoms with Crippen LogP contribution in [0.15, 0.2) is 35.6 Å². The van der Waals surface area contributed by atoms with Crippen LogP contribution >= 0.6 is 0 Å². The molecule has 24 heavy (non-hydrogen) atoms. The van der Waals surface area contributed by atoms with Gasteiger partial charge in [0.15, 0.2) is 17.5 Å². The lowest BCUT2D eigenvalue weighted by Crippen LogP contribution is -2.37. The second kappa shape index (κ2) is 7.72. The first-order valence-electron chi connectivity index (χ1n) is 8.05. The van der Waals surface area contributed by atoms with Gasteiger partial charge in [0.2, 0.25) is 6.79 Å². The number of aromatic nitrogens is 2. The van der Waals surface area contributed by atoms with Crippen molar-refractivity contribution in [2.75, 3.05) is 20.4 Å². The molecule has 0 fully saturated rings. The van der Waals surface area contributed by atoms with E-state index in [0.717, 1.165) is 42.4 Å². The summed E-state index contributed by atoms with van der Waals surface area (Å²) < 4.78 is 12.5. The first kappa shape index (κ1) is 16.2. The van der Waals surface area contributed by atoms with Gasteiger partial charge in [-0.1, -0.05) is 6.07 Å². The van der Waals surface area contributed by atoms with Gasteiger partial charge in [-0.2, -0.15) is 5.10 Å². The van der Waals surface area contributed by atoms with Crippen molar-refractivity contribution in [1.82, 2.24) is 20.4 Å². The summed E-state index contributed by atoms with van der Waals surface area (Å²) in [6, 6.07) is 5.95. The molecule has 0 atom stereocenters. The van der Waals surface area contributed by atoms with Crippen LogP contribution < -0.4 is 20.1 Å². The Morgan fingerprint density at radius 3 is 2.92 bits per heavy atom. The summed E-state index contributed by atoms with van der Waals surface area (Å²) in [6.07, 6.45) is 5.98. The molecule has 1 aliphatic rings. The summed E-state index contributed by atoms with van der Waals surface area (Å²) in [6.45, 7) is 1.83. The number of aliphatic imine (C=N–C) groups is 1. The van der Waals surface area contributed by atoms with Gasteiger partial charge in [0.05, 0.1) is 6.20 Å². The number of rotatable bonds is 6. The Morgan fingerprint density at radius 2 is 2.12 bits per heavy atom. The molecule has 1 aromatic carbocycles. The van der Waals surface area contributed by atoms with Gasteiger partial charge in [-0.15, -0.1) is 0 Å². The summed E-state index contributed by atoms with van der Waals surface area (Å²) in [5.41, 5.74) is 2.38. The Morgan fingerprint density at radius 1 is 1.25 bits per heavy atom. The van der Waals surface area contributed by atoms with Crippen molar-refractivity contribution in [1.29, 1.82) is 0 Å². The maximum Gasteiger partial charge on any atom is 0.231 e. The zero-order chi connectivity index (χ0) is 16.8. The van der Waals surface area contributed by atoms with E-state index in [1.54, 1.807) is 7.05 Å². The molecule has 1 aliphatic heterocycles. The zero-order valence-electron chi connectivity index (χ0n) is 14.1. The van der Waals surface area contributed by atoms with Crippen LogP contribution in [0.25, 0.3) is 0 Å². The highest BCUT2D eigenvalue weighted by Gasteiger charge is 2.13. The molecule has 0 saturated heterocycles. The van der Waals surface area contributed by atoms with Crippen LogP contribution in [0.3, 0.4) is 0 Å². The van der Waals surface area contributed by atoms with E-state index < -0.39 is 0 Å². The number of hydrogen-bond donors (Lipinski definition) is 2. The van der Waals surface area contributed by atoms with E-state index in [0.29, 0.717) is 13.3 Å². The molecule has 7 heteroatoms. The molecule has 0 amide bonds. The van der Waals surface area contributed by atoms with E-state index in [2.05, 4.69) is 20.7 Å². The van der Waals surface area contributed by atoms with Gasteiger partial charge < -0.3 is 20.1 Å². The number of nitrogens with one attached hydrogen (secondary N) is 2. The largest absolute Gasteiger partial charge is 0.454 e. The number of benzene rings is 1. The van der Waals surface area contributed by atoms with Crippen molar-refractivity contribution in [3.63, 3.8) is 0 Å². The lowest BCUT2D eigenvalue weighted by molar-refractivity contribution is 0.174. The number of aryl methyl sites for hydroxylation is 2. The molecule has 2 heterocycles. The second-order valence-corrected chi connectivity index (χ2v) is 5.67. The molecule has 128 valence electrons. The molecule has 2 aromatic rings. The number of fused-ring (bicyclic) bond motifs is 1. The summed E-state index contributed by atoms with van der Waals surface area (Å²) in [7, 11) is 3.71.